The molecule has 0 aliphatic rings. The predicted octanol–water partition coefficient (Wildman–Crippen LogP) is 2.40. The van der Waals surface area contributed by atoms with Gasteiger partial charge in [0.1, 0.15) is 5.69 Å². The van der Waals surface area contributed by atoms with E-state index in [1.165, 1.54) is 16.2 Å². The Morgan fingerprint density at radius 3 is 2.89 bits per heavy atom. The van der Waals surface area contributed by atoms with Gasteiger partial charge in [-0.15, -0.1) is 35.1 Å². The molecule has 2 rings (SSSR count). The highest BCUT2D eigenvalue weighted by Gasteiger charge is 2.15. The highest BCUT2D eigenvalue weighted by molar-refractivity contribution is 7.10. The fourth-order valence-corrected chi connectivity index (χ4v) is 3.10. The van der Waals surface area contributed by atoms with Crippen LogP contribution in [-0.4, -0.2) is 29.4 Å². The molecule has 0 spiro atoms. The van der Waals surface area contributed by atoms with Gasteiger partial charge in [0.25, 0.3) is 5.91 Å². The van der Waals surface area contributed by atoms with Gasteiger partial charge in [-0.05, 0) is 18.0 Å². The first-order chi connectivity index (χ1) is 8.70. The average molecular weight is 318 g/mol. The van der Waals surface area contributed by atoms with Crippen LogP contribution in [0.3, 0.4) is 0 Å². The smallest absolute Gasteiger partial charge is 0.273 e. The number of carbonyl (C=O) groups is 1. The highest BCUT2D eigenvalue weighted by Crippen LogP contribution is 2.15. The Labute approximate surface area is 126 Å². The lowest BCUT2D eigenvalue weighted by Gasteiger charge is -2.14. The zero-order valence-electron chi connectivity index (χ0n) is 10.5. The van der Waals surface area contributed by atoms with Gasteiger partial charge in [0, 0.05) is 23.7 Å². The Hall–Kier alpha value is -0.950. The molecule has 0 bridgehead atoms. The Morgan fingerprint density at radius 2 is 2.26 bits per heavy atom. The van der Waals surface area contributed by atoms with E-state index in [0.717, 1.165) is 11.4 Å². The molecule has 0 saturated carbocycles. The molecule has 0 aliphatic heterocycles. The molecular formula is C12H16ClN3OS2. The predicted molar refractivity (Wildman–Crippen MR) is 82.2 cm³/mol. The summed E-state index contributed by atoms with van der Waals surface area (Å²) < 4.78 is 0. The van der Waals surface area contributed by atoms with Crippen LogP contribution in [0.5, 0.6) is 0 Å². The van der Waals surface area contributed by atoms with Gasteiger partial charge in [-0.25, -0.2) is 4.98 Å². The van der Waals surface area contributed by atoms with Crippen LogP contribution >= 0.6 is 35.1 Å². The van der Waals surface area contributed by atoms with Gasteiger partial charge in [0.2, 0.25) is 0 Å². The molecule has 0 fully saturated rings. The molecule has 0 aromatic carbocycles. The Balaban J connectivity index is 0.00000180. The van der Waals surface area contributed by atoms with Crippen molar-refractivity contribution in [2.45, 2.75) is 13.0 Å². The molecule has 7 heteroatoms. The van der Waals surface area contributed by atoms with Crippen molar-refractivity contribution in [2.24, 2.45) is 5.73 Å². The van der Waals surface area contributed by atoms with Gasteiger partial charge in [0.15, 0.2) is 0 Å². The lowest BCUT2D eigenvalue weighted by Crippen LogP contribution is -2.26. The van der Waals surface area contributed by atoms with E-state index in [0.29, 0.717) is 18.8 Å². The lowest BCUT2D eigenvalue weighted by molar-refractivity contribution is 0.0781. The second-order valence-electron chi connectivity index (χ2n) is 3.91. The summed E-state index contributed by atoms with van der Waals surface area (Å²) in [4.78, 5) is 19.3. The molecule has 2 aromatic heterocycles. The van der Waals surface area contributed by atoms with E-state index in [2.05, 4.69) is 4.98 Å². The number of nitrogens with zero attached hydrogens (tertiary/aromatic N) is 2. The van der Waals surface area contributed by atoms with Crippen molar-refractivity contribution in [1.29, 1.82) is 0 Å². The second-order valence-corrected chi connectivity index (χ2v) is 5.88. The normalized spacial score (nSPS) is 10.0. The van der Waals surface area contributed by atoms with Crippen molar-refractivity contribution in [1.82, 2.24) is 9.88 Å². The largest absolute Gasteiger partial charge is 0.335 e. The van der Waals surface area contributed by atoms with Crippen LogP contribution in [0.1, 0.15) is 20.4 Å². The molecule has 2 heterocycles. The summed E-state index contributed by atoms with van der Waals surface area (Å²) in [6.45, 7) is 1.19. The summed E-state index contributed by atoms with van der Waals surface area (Å²) in [5, 5.41) is 4.74. The Morgan fingerprint density at radius 1 is 1.47 bits per heavy atom. The summed E-state index contributed by atoms with van der Waals surface area (Å²) in [7, 11) is 1.80. The number of aromatic nitrogens is 1. The lowest BCUT2D eigenvalue weighted by atomic mass is 10.3. The summed E-state index contributed by atoms with van der Waals surface area (Å²) >= 11 is 3.14. The van der Waals surface area contributed by atoms with Gasteiger partial charge < -0.3 is 10.6 Å². The number of halogens is 1. The minimum absolute atomic E-state index is 0. The van der Waals surface area contributed by atoms with Crippen LogP contribution in [0.2, 0.25) is 0 Å². The average Bonchev–Trinajstić information content (AvgIpc) is 3.00. The zero-order chi connectivity index (χ0) is 13.0. The van der Waals surface area contributed by atoms with Crippen LogP contribution in [0.4, 0.5) is 0 Å². The highest BCUT2D eigenvalue weighted by atomic mass is 35.5. The molecule has 104 valence electrons. The van der Waals surface area contributed by atoms with Crippen molar-refractivity contribution in [3.63, 3.8) is 0 Å². The van der Waals surface area contributed by atoms with E-state index in [4.69, 9.17) is 5.73 Å². The summed E-state index contributed by atoms with van der Waals surface area (Å²) in [6.07, 6.45) is 0.729. The van der Waals surface area contributed by atoms with E-state index in [1.54, 1.807) is 28.7 Å². The van der Waals surface area contributed by atoms with E-state index < -0.39 is 0 Å². The fraction of sp³-hybridized carbons (Fsp3) is 0.333. The molecular weight excluding hydrogens is 302 g/mol. The maximum atomic E-state index is 12.1. The molecule has 19 heavy (non-hydrogen) atoms. The van der Waals surface area contributed by atoms with Crippen LogP contribution in [0, 0.1) is 0 Å². The van der Waals surface area contributed by atoms with Crippen molar-refractivity contribution in [3.05, 3.63) is 38.5 Å². The topological polar surface area (TPSA) is 59.2 Å². The van der Waals surface area contributed by atoms with Crippen LogP contribution in [0.25, 0.3) is 0 Å². The number of nitrogens with two attached hydrogens (primary N) is 1. The first-order valence-corrected chi connectivity index (χ1v) is 7.39. The third kappa shape index (κ3) is 4.28. The third-order valence-corrected chi connectivity index (χ3v) is 4.22. The van der Waals surface area contributed by atoms with Crippen molar-refractivity contribution < 1.29 is 4.79 Å². The molecule has 4 nitrogen and oxygen atoms in total. The maximum Gasteiger partial charge on any atom is 0.273 e. The van der Waals surface area contributed by atoms with Crippen molar-refractivity contribution in [3.8, 4) is 0 Å². The van der Waals surface area contributed by atoms with Crippen LogP contribution in [-0.2, 0) is 13.0 Å². The minimum atomic E-state index is -0.0390. The first kappa shape index (κ1) is 16.1. The van der Waals surface area contributed by atoms with Crippen LogP contribution < -0.4 is 5.73 Å². The minimum Gasteiger partial charge on any atom is -0.335 e. The van der Waals surface area contributed by atoms with Crippen molar-refractivity contribution >= 4 is 41.0 Å². The number of amides is 1. The van der Waals surface area contributed by atoms with Gasteiger partial charge in [-0.1, -0.05) is 6.07 Å². The summed E-state index contributed by atoms with van der Waals surface area (Å²) in [5.74, 6) is -0.0390. The molecule has 0 atom stereocenters. The standard InChI is InChI=1S/C12H15N3OS2.ClH/c1-15(7-9-3-2-6-17-9)12(16)10-8-18-11(14-10)4-5-13;/h2-3,6,8H,4-5,7,13H2,1H3;1H. The molecule has 2 aromatic rings. The van der Waals surface area contributed by atoms with E-state index >= 15 is 0 Å². The molecule has 0 radical (unpaired) electrons. The van der Waals surface area contributed by atoms with Gasteiger partial charge in [-0.2, -0.15) is 0 Å². The van der Waals surface area contributed by atoms with Crippen molar-refractivity contribution in [2.75, 3.05) is 13.6 Å². The zero-order valence-corrected chi connectivity index (χ0v) is 13.0. The van der Waals surface area contributed by atoms with Gasteiger partial charge >= 0.3 is 0 Å². The summed E-state index contributed by atoms with van der Waals surface area (Å²) in [5.41, 5.74) is 5.98. The molecule has 0 saturated heterocycles. The molecule has 1 amide bonds. The number of hydrogen-bond acceptors (Lipinski definition) is 5. The van der Waals surface area contributed by atoms with Gasteiger partial charge in [0.05, 0.1) is 11.6 Å². The first-order valence-electron chi connectivity index (χ1n) is 5.63. The van der Waals surface area contributed by atoms with E-state index in [-0.39, 0.29) is 18.3 Å². The molecule has 0 aliphatic carbocycles. The maximum absolute atomic E-state index is 12.1. The van der Waals surface area contributed by atoms with E-state index in [1.807, 2.05) is 17.5 Å². The fourth-order valence-electron chi connectivity index (χ4n) is 1.55. The second kappa shape index (κ2) is 7.59. The number of rotatable bonds is 5. The number of thiophene rings is 1. The quantitative estimate of drug-likeness (QED) is 0.921. The number of thiazole rings is 1. The van der Waals surface area contributed by atoms with E-state index in [9.17, 15) is 4.79 Å². The summed E-state index contributed by atoms with van der Waals surface area (Å²) in [6, 6.07) is 4.01. The Bertz CT molecular complexity index is 513. The third-order valence-electron chi connectivity index (χ3n) is 2.45. The van der Waals surface area contributed by atoms with Gasteiger partial charge in [-0.3, -0.25) is 4.79 Å². The Kier molecular flexibility index (Phi) is 6.44. The SMILES string of the molecule is CN(Cc1cccs1)C(=O)c1csc(CCN)n1.Cl. The molecule has 2 N–H and O–H groups in total. The molecule has 0 unspecified atom stereocenters. The monoisotopic (exact) mass is 317 g/mol. The van der Waals surface area contributed by atoms with Crippen LogP contribution in [0.15, 0.2) is 22.9 Å². The number of hydrogen-bond donors (Lipinski definition) is 1. The number of carbonyl (C=O) groups excluding carboxylic acids is 1.